The van der Waals surface area contributed by atoms with Gasteiger partial charge in [-0.2, -0.15) is 0 Å². The molecular formula is C36H42N4O5. The monoisotopic (exact) mass is 610 g/mol. The van der Waals surface area contributed by atoms with Gasteiger partial charge < -0.3 is 25.6 Å². The van der Waals surface area contributed by atoms with Crippen LogP contribution in [0.5, 0.6) is 0 Å². The van der Waals surface area contributed by atoms with Crippen molar-refractivity contribution in [2.24, 2.45) is 0 Å². The molecule has 9 heteroatoms. The van der Waals surface area contributed by atoms with E-state index in [2.05, 4.69) is 16.0 Å². The first-order chi connectivity index (χ1) is 21.6. The Balaban J connectivity index is 1.44. The Morgan fingerprint density at radius 1 is 0.867 bits per heavy atom. The number of carbonyl (C=O) groups excluding carboxylic acids is 4. The number of hydrogen-bond acceptors (Lipinski definition) is 6. The molecule has 0 saturated heterocycles. The predicted octanol–water partition coefficient (Wildman–Crippen LogP) is 4.53. The highest BCUT2D eigenvalue weighted by Crippen LogP contribution is 2.30. The van der Waals surface area contributed by atoms with Gasteiger partial charge in [0.25, 0.3) is 5.91 Å². The molecule has 0 saturated carbocycles. The summed E-state index contributed by atoms with van der Waals surface area (Å²) in [6.07, 6.45) is 1.52. The second kappa shape index (κ2) is 14.1. The third-order valence-corrected chi connectivity index (χ3v) is 8.31. The molecule has 0 aliphatic carbocycles. The van der Waals surface area contributed by atoms with Crippen molar-refractivity contribution in [3.8, 4) is 11.1 Å². The van der Waals surface area contributed by atoms with Gasteiger partial charge in [-0.15, -0.1) is 0 Å². The lowest BCUT2D eigenvalue weighted by atomic mass is 9.98. The van der Waals surface area contributed by atoms with Gasteiger partial charge in [0.1, 0.15) is 12.1 Å². The van der Waals surface area contributed by atoms with Gasteiger partial charge in [0, 0.05) is 42.7 Å². The lowest BCUT2D eigenvalue weighted by molar-refractivity contribution is -0.148. The maximum Gasteiger partial charge on any atom is 0.306 e. The SMILES string of the molecule is C[C@@H]1CNC(C)(C)CC(=O)N[C@@H]2CCc3ccccc3N(Cc3ccc(cc3)-c3ccccc3C(=O)NCCCC(=O)O1)C2=O. The average Bonchev–Trinajstić information content (AvgIpc) is 3.14. The number of fused-ring (bicyclic) bond motifs is 16. The minimum Gasteiger partial charge on any atom is -0.461 e. The molecule has 3 heterocycles. The molecule has 3 N–H and O–H groups in total. The minimum atomic E-state index is -0.671. The van der Waals surface area contributed by atoms with E-state index in [1.807, 2.05) is 80.6 Å². The van der Waals surface area contributed by atoms with Gasteiger partial charge in [-0.3, -0.25) is 19.2 Å². The Morgan fingerprint density at radius 3 is 2.36 bits per heavy atom. The van der Waals surface area contributed by atoms with Gasteiger partial charge >= 0.3 is 5.97 Å². The number of esters is 1. The Morgan fingerprint density at radius 2 is 1.58 bits per heavy atom. The summed E-state index contributed by atoms with van der Waals surface area (Å²) in [5, 5.41) is 9.27. The summed E-state index contributed by atoms with van der Waals surface area (Å²) in [7, 11) is 0. The predicted molar refractivity (Wildman–Crippen MR) is 174 cm³/mol. The normalized spacial score (nSPS) is 21.7. The molecule has 0 aromatic heterocycles. The molecule has 3 aromatic carbocycles. The van der Waals surface area contributed by atoms with Crippen LogP contribution in [0.2, 0.25) is 0 Å². The van der Waals surface area contributed by atoms with E-state index in [4.69, 9.17) is 4.74 Å². The number of aryl methyl sites for hydroxylation is 1. The summed E-state index contributed by atoms with van der Waals surface area (Å²) in [4.78, 5) is 54.6. The molecule has 3 amide bonds. The summed E-state index contributed by atoms with van der Waals surface area (Å²) < 4.78 is 5.55. The van der Waals surface area contributed by atoms with Crippen LogP contribution >= 0.6 is 0 Å². The smallest absolute Gasteiger partial charge is 0.306 e. The minimum absolute atomic E-state index is 0.146. The van der Waals surface area contributed by atoms with Crippen LogP contribution in [0.25, 0.3) is 11.1 Å². The highest BCUT2D eigenvalue weighted by atomic mass is 16.5. The van der Waals surface area contributed by atoms with E-state index in [0.717, 1.165) is 27.9 Å². The highest BCUT2D eigenvalue weighted by molar-refractivity contribution is 6.01. The summed E-state index contributed by atoms with van der Waals surface area (Å²) in [6, 6.07) is 22.5. The van der Waals surface area contributed by atoms with Crippen LogP contribution in [0.15, 0.2) is 72.8 Å². The average molecular weight is 611 g/mol. The highest BCUT2D eigenvalue weighted by Gasteiger charge is 2.33. The topological polar surface area (TPSA) is 117 Å². The number of para-hydroxylation sites is 1. The van der Waals surface area contributed by atoms with E-state index in [9.17, 15) is 19.2 Å². The fourth-order valence-corrected chi connectivity index (χ4v) is 5.90. The number of amides is 3. The van der Waals surface area contributed by atoms with Gasteiger partial charge in [0.2, 0.25) is 11.8 Å². The Bertz CT molecular complexity index is 1550. The van der Waals surface area contributed by atoms with Crippen molar-refractivity contribution < 1.29 is 23.9 Å². The Labute approximate surface area is 264 Å². The molecule has 3 aromatic rings. The maximum absolute atomic E-state index is 14.0. The largest absolute Gasteiger partial charge is 0.461 e. The number of nitrogens with zero attached hydrogens (tertiary/aromatic N) is 1. The summed E-state index contributed by atoms with van der Waals surface area (Å²) in [5.41, 5.74) is 4.44. The van der Waals surface area contributed by atoms with Gasteiger partial charge in [0.15, 0.2) is 0 Å². The number of benzene rings is 3. The Kier molecular flexibility index (Phi) is 9.98. The van der Waals surface area contributed by atoms with E-state index in [1.165, 1.54) is 0 Å². The first kappa shape index (κ1) is 31.9. The zero-order chi connectivity index (χ0) is 32.0. The fourth-order valence-electron chi connectivity index (χ4n) is 5.90. The van der Waals surface area contributed by atoms with Crippen molar-refractivity contribution in [1.82, 2.24) is 16.0 Å². The molecule has 45 heavy (non-hydrogen) atoms. The van der Waals surface area contributed by atoms with Crippen LogP contribution in [0.1, 0.15) is 67.9 Å². The second-order valence-corrected chi connectivity index (χ2v) is 12.6. The molecule has 6 rings (SSSR count). The van der Waals surface area contributed by atoms with E-state index in [1.54, 1.807) is 17.9 Å². The molecule has 4 bridgehead atoms. The quantitative estimate of drug-likeness (QED) is 0.322. The van der Waals surface area contributed by atoms with E-state index in [-0.39, 0.29) is 36.5 Å². The van der Waals surface area contributed by atoms with Gasteiger partial charge in [-0.05, 0) is 74.4 Å². The van der Waals surface area contributed by atoms with Gasteiger partial charge in [-0.1, -0.05) is 60.7 Å². The van der Waals surface area contributed by atoms with Crippen molar-refractivity contribution in [3.05, 3.63) is 89.5 Å². The second-order valence-electron chi connectivity index (χ2n) is 12.6. The molecule has 0 fully saturated rings. The van der Waals surface area contributed by atoms with Crippen molar-refractivity contribution in [3.63, 3.8) is 0 Å². The molecule has 3 aliphatic heterocycles. The van der Waals surface area contributed by atoms with Crippen LogP contribution in [0.3, 0.4) is 0 Å². The zero-order valence-electron chi connectivity index (χ0n) is 26.2. The van der Waals surface area contributed by atoms with Crippen LogP contribution in [0.4, 0.5) is 5.69 Å². The molecule has 2 atom stereocenters. The van der Waals surface area contributed by atoms with E-state index >= 15 is 0 Å². The number of carbonyl (C=O) groups is 4. The van der Waals surface area contributed by atoms with Crippen LogP contribution in [-0.4, -0.2) is 54.5 Å². The van der Waals surface area contributed by atoms with Crippen LogP contribution in [-0.2, 0) is 32.1 Å². The number of rotatable bonds is 0. The number of nitrogens with one attached hydrogen (secondary N) is 3. The van der Waals surface area contributed by atoms with Crippen molar-refractivity contribution in [1.29, 1.82) is 0 Å². The maximum atomic E-state index is 14.0. The number of anilines is 1. The standard InChI is InChI=1S/C36H42N4O5/c1-24-22-38-36(2,3)21-32(41)39-30-19-18-27-9-4-7-12-31(27)40(35(30)44)23-25-14-16-26(17-15-25)28-10-5-6-11-29(28)34(43)37-20-8-13-33(42)45-24/h4-7,9-12,14-17,24,30,38H,8,13,18-23H2,1-3H3,(H,37,43)(H,39,41)/t24-,30-/m1/s1. The lowest BCUT2D eigenvalue weighted by Gasteiger charge is -2.29. The summed E-state index contributed by atoms with van der Waals surface area (Å²) in [5.74, 6) is -0.931. The fraction of sp³-hybridized carbons (Fsp3) is 0.389. The summed E-state index contributed by atoms with van der Waals surface area (Å²) in [6.45, 7) is 6.66. The molecule has 3 aliphatic rings. The third-order valence-electron chi connectivity index (χ3n) is 8.31. The number of ether oxygens (including phenoxy) is 1. The first-order valence-corrected chi connectivity index (χ1v) is 15.7. The number of hydrogen-bond donors (Lipinski definition) is 3. The molecule has 0 spiro atoms. The lowest BCUT2D eigenvalue weighted by Crippen LogP contribution is -2.51. The molecular weight excluding hydrogens is 568 g/mol. The Hall–Kier alpha value is -4.50. The van der Waals surface area contributed by atoms with Crippen LogP contribution < -0.4 is 20.9 Å². The van der Waals surface area contributed by atoms with Crippen molar-refractivity contribution in [2.75, 3.05) is 18.0 Å². The van der Waals surface area contributed by atoms with Gasteiger partial charge in [0.05, 0.1) is 6.54 Å². The van der Waals surface area contributed by atoms with Crippen molar-refractivity contribution in [2.45, 2.75) is 77.1 Å². The molecule has 0 unspecified atom stereocenters. The first-order valence-electron chi connectivity index (χ1n) is 15.7. The molecule has 236 valence electrons. The molecule has 9 nitrogen and oxygen atoms in total. The third kappa shape index (κ3) is 8.16. The summed E-state index contributed by atoms with van der Waals surface area (Å²) >= 11 is 0. The van der Waals surface area contributed by atoms with E-state index in [0.29, 0.717) is 44.5 Å². The van der Waals surface area contributed by atoms with E-state index < -0.39 is 17.7 Å². The van der Waals surface area contributed by atoms with Gasteiger partial charge in [-0.25, -0.2) is 0 Å². The van der Waals surface area contributed by atoms with Crippen molar-refractivity contribution >= 4 is 29.4 Å². The zero-order valence-corrected chi connectivity index (χ0v) is 26.2. The molecule has 0 radical (unpaired) electrons. The van der Waals surface area contributed by atoms with Crippen LogP contribution in [0, 0.1) is 0 Å².